The molecule has 19 heavy (non-hydrogen) atoms. The highest BCUT2D eigenvalue weighted by Crippen LogP contribution is 2.36. The number of hydrogen-bond acceptors (Lipinski definition) is 4. The summed E-state index contributed by atoms with van der Waals surface area (Å²) in [6.45, 7) is 0.484. The number of nitrogens with zero attached hydrogens (tertiary/aromatic N) is 3. The van der Waals surface area contributed by atoms with Crippen LogP contribution in [0.3, 0.4) is 0 Å². The summed E-state index contributed by atoms with van der Waals surface area (Å²) in [4.78, 5) is 17.9. The second kappa shape index (κ2) is 4.28. The molecule has 1 aromatic rings. The summed E-state index contributed by atoms with van der Waals surface area (Å²) in [7, 11) is -3.25. The highest BCUT2D eigenvalue weighted by Gasteiger charge is 2.50. The summed E-state index contributed by atoms with van der Waals surface area (Å²) in [6.07, 6.45) is 5.43. The molecule has 2 aliphatic heterocycles. The van der Waals surface area contributed by atoms with Crippen LogP contribution in [0.5, 0.6) is 0 Å². The van der Waals surface area contributed by atoms with Crippen LogP contribution in [0.25, 0.3) is 0 Å². The number of pyridine rings is 1. The normalized spacial score (nSPS) is 27.8. The lowest BCUT2D eigenvalue weighted by molar-refractivity contribution is -0.117. The van der Waals surface area contributed by atoms with Gasteiger partial charge in [-0.1, -0.05) is 0 Å². The second-order valence-corrected chi connectivity index (χ2v) is 6.91. The Labute approximate surface area is 112 Å². The molecule has 2 fully saturated rings. The predicted octanol–water partition coefficient (Wildman–Crippen LogP) is 0.221. The molecule has 102 valence electrons. The van der Waals surface area contributed by atoms with Gasteiger partial charge in [0.15, 0.2) is 0 Å². The zero-order valence-corrected chi connectivity index (χ0v) is 11.4. The summed E-state index contributed by atoms with van der Waals surface area (Å²) >= 11 is 0. The monoisotopic (exact) mass is 281 g/mol. The summed E-state index contributed by atoms with van der Waals surface area (Å²) in [6, 6.07) is 3.31. The van der Waals surface area contributed by atoms with Crippen molar-refractivity contribution in [1.29, 1.82) is 0 Å². The van der Waals surface area contributed by atoms with Gasteiger partial charge in [-0.3, -0.25) is 9.78 Å². The van der Waals surface area contributed by atoms with E-state index in [0.717, 1.165) is 5.69 Å². The number of sulfonamides is 1. The molecule has 3 heterocycles. The molecular weight excluding hydrogens is 266 g/mol. The number of rotatable bonds is 2. The number of carbonyl (C=O) groups excluding carboxylic acids is 1. The third-order valence-electron chi connectivity index (χ3n) is 3.79. The van der Waals surface area contributed by atoms with E-state index in [1.165, 1.54) is 10.6 Å². The van der Waals surface area contributed by atoms with Gasteiger partial charge >= 0.3 is 0 Å². The van der Waals surface area contributed by atoms with Gasteiger partial charge in [0, 0.05) is 19.2 Å². The summed E-state index contributed by atoms with van der Waals surface area (Å²) in [5.74, 6) is -0.0312. The van der Waals surface area contributed by atoms with E-state index in [9.17, 15) is 13.2 Å². The first kappa shape index (κ1) is 12.6. The molecular formula is C12H15N3O3S. The minimum atomic E-state index is -3.25. The van der Waals surface area contributed by atoms with Crippen LogP contribution >= 0.6 is 0 Å². The summed E-state index contributed by atoms with van der Waals surface area (Å²) in [5, 5.41) is 0. The lowest BCUT2D eigenvalue weighted by Crippen LogP contribution is -2.39. The quantitative estimate of drug-likeness (QED) is 0.777. The topological polar surface area (TPSA) is 70.6 Å². The Hall–Kier alpha value is -1.47. The van der Waals surface area contributed by atoms with Gasteiger partial charge in [0.2, 0.25) is 15.9 Å². The SMILES string of the molecule is CS(=O)(=O)N1CC[C@@H]2[C@@H]1CC(=O)N2c1cccnc1. The molecule has 0 bridgehead atoms. The summed E-state index contributed by atoms with van der Waals surface area (Å²) < 4.78 is 24.9. The van der Waals surface area contributed by atoms with Crippen LogP contribution in [0.15, 0.2) is 24.5 Å². The third kappa shape index (κ3) is 2.02. The maximum Gasteiger partial charge on any atom is 0.229 e. The highest BCUT2D eigenvalue weighted by molar-refractivity contribution is 7.88. The van der Waals surface area contributed by atoms with Crippen LogP contribution in [-0.4, -0.2) is 48.5 Å². The smallest absolute Gasteiger partial charge is 0.229 e. The first-order valence-electron chi connectivity index (χ1n) is 6.17. The number of aromatic nitrogens is 1. The zero-order chi connectivity index (χ0) is 13.6. The second-order valence-electron chi connectivity index (χ2n) is 4.98. The molecule has 3 rings (SSSR count). The molecule has 0 unspecified atom stereocenters. The molecule has 1 aromatic heterocycles. The third-order valence-corrected chi connectivity index (χ3v) is 5.10. The van der Waals surface area contributed by atoms with E-state index in [-0.39, 0.29) is 24.4 Å². The first-order chi connectivity index (χ1) is 8.98. The van der Waals surface area contributed by atoms with Gasteiger partial charge in [0.05, 0.1) is 30.2 Å². The van der Waals surface area contributed by atoms with Gasteiger partial charge in [0.25, 0.3) is 0 Å². The Morgan fingerprint density at radius 2 is 2.16 bits per heavy atom. The molecule has 6 nitrogen and oxygen atoms in total. The van der Waals surface area contributed by atoms with Crippen LogP contribution < -0.4 is 4.90 Å². The number of hydrogen-bond donors (Lipinski definition) is 0. The van der Waals surface area contributed by atoms with Gasteiger partial charge in [0.1, 0.15) is 0 Å². The van der Waals surface area contributed by atoms with Gasteiger partial charge in [-0.25, -0.2) is 8.42 Å². The highest BCUT2D eigenvalue weighted by atomic mass is 32.2. The van der Waals surface area contributed by atoms with Gasteiger partial charge in [-0.15, -0.1) is 0 Å². The van der Waals surface area contributed by atoms with Crippen molar-refractivity contribution in [3.63, 3.8) is 0 Å². The molecule has 0 N–H and O–H groups in total. The van der Waals surface area contributed by atoms with Gasteiger partial charge in [-0.05, 0) is 18.6 Å². The lowest BCUT2D eigenvalue weighted by Gasteiger charge is -2.24. The standard InChI is InChI=1S/C12H15N3O3S/c1-19(17,18)14-6-4-10-11(14)7-12(16)15(10)9-3-2-5-13-8-9/h2-3,5,8,10-11H,4,6-7H2,1H3/t10-,11+/m1/s1. The van der Waals surface area contributed by atoms with Crippen molar-refractivity contribution in [3.8, 4) is 0 Å². The largest absolute Gasteiger partial charge is 0.306 e. The van der Waals surface area contributed by atoms with E-state index in [1.807, 2.05) is 6.07 Å². The Kier molecular flexibility index (Phi) is 2.83. The van der Waals surface area contributed by atoms with E-state index in [1.54, 1.807) is 23.4 Å². The van der Waals surface area contributed by atoms with Crippen LogP contribution in [0, 0.1) is 0 Å². The zero-order valence-electron chi connectivity index (χ0n) is 10.6. The maximum absolute atomic E-state index is 12.1. The average molecular weight is 281 g/mol. The molecule has 0 radical (unpaired) electrons. The van der Waals surface area contributed by atoms with E-state index >= 15 is 0 Å². The van der Waals surface area contributed by atoms with Gasteiger partial charge in [-0.2, -0.15) is 4.31 Å². The maximum atomic E-state index is 12.1. The van der Waals surface area contributed by atoms with Crippen molar-refractivity contribution in [1.82, 2.24) is 9.29 Å². The van der Waals surface area contributed by atoms with Crippen molar-refractivity contribution in [2.45, 2.75) is 24.9 Å². The minimum absolute atomic E-state index is 0.0312. The number of fused-ring (bicyclic) bond motifs is 1. The summed E-state index contributed by atoms with van der Waals surface area (Å²) in [5.41, 5.74) is 0.746. The number of carbonyl (C=O) groups is 1. The average Bonchev–Trinajstić information content (AvgIpc) is 2.86. The molecule has 2 atom stereocenters. The Bertz CT molecular complexity index is 602. The fraction of sp³-hybridized carbons (Fsp3) is 0.500. The lowest BCUT2D eigenvalue weighted by atomic mass is 10.1. The molecule has 0 spiro atoms. The van der Waals surface area contributed by atoms with Crippen molar-refractivity contribution in [3.05, 3.63) is 24.5 Å². The fourth-order valence-electron chi connectivity index (χ4n) is 3.05. The predicted molar refractivity (Wildman–Crippen MR) is 70.1 cm³/mol. The van der Waals surface area contributed by atoms with Crippen molar-refractivity contribution < 1.29 is 13.2 Å². The molecule has 0 saturated carbocycles. The van der Waals surface area contributed by atoms with E-state index in [2.05, 4.69) is 4.98 Å². The van der Waals surface area contributed by atoms with E-state index < -0.39 is 10.0 Å². The minimum Gasteiger partial charge on any atom is -0.306 e. The van der Waals surface area contributed by atoms with Crippen molar-refractivity contribution in [2.24, 2.45) is 0 Å². The van der Waals surface area contributed by atoms with Gasteiger partial charge < -0.3 is 4.90 Å². The van der Waals surface area contributed by atoms with Crippen molar-refractivity contribution >= 4 is 21.6 Å². The Balaban J connectivity index is 1.93. The Morgan fingerprint density at radius 1 is 1.37 bits per heavy atom. The van der Waals surface area contributed by atoms with Crippen molar-refractivity contribution in [2.75, 3.05) is 17.7 Å². The molecule has 1 amide bonds. The van der Waals surface area contributed by atoms with E-state index in [4.69, 9.17) is 0 Å². The van der Waals surface area contributed by atoms with Crippen LogP contribution in [-0.2, 0) is 14.8 Å². The molecule has 0 aliphatic carbocycles. The first-order valence-corrected chi connectivity index (χ1v) is 8.02. The molecule has 7 heteroatoms. The molecule has 2 saturated heterocycles. The van der Waals surface area contributed by atoms with Crippen LogP contribution in [0.2, 0.25) is 0 Å². The van der Waals surface area contributed by atoms with Crippen LogP contribution in [0.1, 0.15) is 12.8 Å². The van der Waals surface area contributed by atoms with E-state index in [0.29, 0.717) is 13.0 Å². The number of anilines is 1. The fourth-order valence-corrected chi connectivity index (χ4v) is 4.20. The number of amides is 1. The molecule has 2 aliphatic rings. The molecule has 0 aromatic carbocycles. The Morgan fingerprint density at radius 3 is 2.79 bits per heavy atom. The van der Waals surface area contributed by atoms with Crippen LogP contribution in [0.4, 0.5) is 5.69 Å².